The number of nitrogens with zero attached hydrogens (tertiary/aromatic N) is 2. The number of benzene rings is 3. The zero-order chi connectivity index (χ0) is 29.5. The van der Waals surface area contributed by atoms with E-state index in [2.05, 4.69) is 23.7 Å². The molecule has 4 N–H and O–H groups in total. The quantitative estimate of drug-likeness (QED) is 0.263. The Labute approximate surface area is 247 Å². The van der Waals surface area contributed by atoms with Crippen molar-refractivity contribution in [2.75, 3.05) is 45.2 Å². The molecule has 0 saturated carbocycles. The molecule has 8 heteroatoms. The average molecular weight is 567 g/mol. The Morgan fingerprint density at radius 3 is 2.26 bits per heavy atom. The molecule has 218 valence electrons. The molecule has 1 fully saturated rings. The number of anilines is 1. The van der Waals surface area contributed by atoms with Gasteiger partial charge in [0.05, 0.1) is 13.2 Å². The normalized spacial score (nSPS) is 15.2. The summed E-state index contributed by atoms with van der Waals surface area (Å²) in [5.41, 5.74) is 14.9. The van der Waals surface area contributed by atoms with Gasteiger partial charge in [0.25, 0.3) is 5.91 Å². The molecule has 2 heterocycles. The van der Waals surface area contributed by atoms with E-state index >= 15 is 0 Å². The Morgan fingerprint density at radius 1 is 0.952 bits per heavy atom. The Morgan fingerprint density at radius 2 is 1.62 bits per heavy atom. The van der Waals surface area contributed by atoms with Crippen LogP contribution in [-0.2, 0) is 15.1 Å². The van der Waals surface area contributed by atoms with Gasteiger partial charge in [-0.1, -0.05) is 80.6 Å². The van der Waals surface area contributed by atoms with Crippen LogP contribution in [0.15, 0.2) is 91.1 Å². The van der Waals surface area contributed by atoms with Crippen molar-refractivity contribution in [2.24, 2.45) is 5.73 Å². The number of pyridine rings is 1. The lowest BCUT2D eigenvalue weighted by atomic mass is 9.84. The molecular weight excluding hydrogens is 528 g/mol. The molecule has 1 unspecified atom stereocenters. The van der Waals surface area contributed by atoms with Crippen LogP contribution in [0.3, 0.4) is 0 Å². The SMILES string of the molecule is CC(C)c1ccc(C(Oc2cc(-c3ccc(OCCN4CCOCC4)cc3)cnc2N)(C(N)=O)c2ccccc2)cc1. The number of ether oxygens (including phenoxy) is 3. The number of primary amides is 1. The molecule has 3 aromatic carbocycles. The molecule has 1 aliphatic heterocycles. The van der Waals surface area contributed by atoms with Crippen molar-refractivity contribution in [3.05, 3.63) is 108 Å². The monoisotopic (exact) mass is 566 g/mol. The molecule has 42 heavy (non-hydrogen) atoms. The third kappa shape index (κ3) is 6.40. The van der Waals surface area contributed by atoms with E-state index in [0.717, 1.165) is 55.3 Å². The minimum absolute atomic E-state index is 0.155. The van der Waals surface area contributed by atoms with Crippen molar-refractivity contribution in [1.29, 1.82) is 0 Å². The molecule has 8 nitrogen and oxygen atoms in total. The molecule has 1 saturated heterocycles. The minimum Gasteiger partial charge on any atom is -0.492 e. The van der Waals surface area contributed by atoms with Crippen molar-refractivity contribution >= 4 is 11.7 Å². The van der Waals surface area contributed by atoms with Crippen LogP contribution in [0.25, 0.3) is 11.1 Å². The zero-order valence-electron chi connectivity index (χ0n) is 24.2. The predicted molar refractivity (Wildman–Crippen MR) is 164 cm³/mol. The molecule has 1 aliphatic rings. The largest absolute Gasteiger partial charge is 0.492 e. The van der Waals surface area contributed by atoms with E-state index in [4.69, 9.17) is 25.7 Å². The van der Waals surface area contributed by atoms with E-state index in [1.54, 1.807) is 12.3 Å². The van der Waals surface area contributed by atoms with Gasteiger partial charge in [0.2, 0.25) is 5.60 Å². The van der Waals surface area contributed by atoms with E-state index in [1.165, 1.54) is 0 Å². The molecule has 0 radical (unpaired) electrons. The topological polar surface area (TPSA) is 113 Å². The molecule has 1 aromatic heterocycles. The maximum atomic E-state index is 13.3. The summed E-state index contributed by atoms with van der Waals surface area (Å²) in [7, 11) is 0. The highest BCUT2D eigenvalue weighted by molar-refractivity contribution is 5.89. The molecule has 0 spiro atoms. The number of aromatic nitrogens is 1. The van der Waals surface area contributed by atoms with Gasteiger partial charge in [-0.05, 0) is 35.2 Å². The van der Waals surface area contributed by atoms with Crippen molar-refractivity contribution in [3.63, 3.8) is 0 Å². The van der Waals surface area contributed by atoms with Crippen molar-refractivity contribution in [3.8, 4) is 22.6 Å². The number of carbonyl (C=O) groups is 1. The van der Waals surface area contributed by atoms with Crippen LogP contribution in [0, 0.1) is 0 Å². The summed E-state index contributed by atoms with van der Waals surface area (Å²) in [6, 6.07) is 26.6. The lowest BCUT2D eigenvalue weighted by molar-refractivity contribution is -0.130. The number of rotatable bonds is 11. The first-order valence-electron chi connectivity index (χ1n) is 14.3. The molecule has 5 rings (SSSR count). The van der Waals surface area contributed by atoms with Crippen molar-refractivity contribution < 1.29 is 19.0 Å². The molecule has 1 amide bonds. The molecule has 1 atom stereocenters. The number of nitrogens with two attached hydrogens (primary N) is 2. The van der Waals surface area contributed by atoms with Gasteiger partial charge >= 0.3 is 0 Å². The van der Waals surface area contributed by atoms with E-state index < -0.39 is 11.5 Å². The van der Waals surface area contributed by atoms with E-state index in [-0.39, 0.29) is 11.6 Å². The van der Waals surface area contributed by atoms with Gasteiger partial charge in [-0.2, -0.15) is 0 Å². The average Bonchev–Trinajstić information content (AvgIpc) is 3.02. The van der Waals surface area contributed by atoms with Crippen LogP contribution < -0.4 is 20.9 Å². The molecule has 4 aromatic rings. The number of hydrogen-bond acceptors (Lipinski definition) is 7. The summed E-state index contributed by atoms with van der Waals surface area (Å²) >= 11 is 0. The number of nitrogen functional groups attached to an aromatic ring is 1. The second-order valence-corrected chi connectivity index (χ2v) is 10.7. The van der Waals surface area contributed by atoms with Crippen LogP contribution in [0.1, 0.15) is 36.5 Å². The van der Waals surface area contributed by atoms with Crippen LogP contribution in [0.4, 0.5) is 5.82 Å². The predicted octanol–water partition coefficient (Wildman–Crippen LogP) is 4.97. The van der Waals surface area contributed by atoms with Gasteiger partial charge in [-0.15, -0.1) is 0 Å². The molecular formula is C34H38N4O4. The maximum Gasteiger partial charge on any atom is 0.271 e. The van der Waals surface area contributed by atoms with Crippen LogP contribution in [0.2, 0.25) is 0 Å². The van der Waals surface area contributed by atoms with Crippen LogP contribution >= 0.6 is 0 Å². The first-order valence-corrected chi connectivity index (χ1v) is 14.3. The van der Waals surface area contributed by atoms with Gasteiger partial charge in [0, 0.05) is 42.5 Å². The molecule has 0 bridgehead atoms. The standard InChI is InChI=1S/C34H38N4O4/c1-24(2)25-8-12-29(13-9-25)34(33(36)39,28-6-4-3-5-7-28)42-31-22-27(23-37-32(31)35)26-10-14-30(15-11-26)41-21-18-38-16-19-40-20-17-38/h3-15,22-24H,16-21H2,1-2H3,(H2,35,37)(H2,36,39). The number of carbonyl (C=O) groups excluding carboxylic acids is 1. The second-order valence-electron chi connectivity index (χ2n) is 10.7. The number of amides is 1. The summed E-state index contributed by atoms with van der Waals surface area (Å²) < 4.78 is 17.9. The highest BCUT2D eigenvalue weighted by Gasteiger charge is 2.44. The summed E-state index contributed by atoms with van der Waals surface area (Å²) in [6.07, 6.45) is 1.68. The van der Waals surface area contributed by atoms with Crippen molar-refractivity contribution in [2.45, 2.75) is 25.4 Å². The third-order valence-corrected chi connectivity index (χ3v) is 7.62. The van der Waals surface area contributed by atoms with E-state index in [9.17, 15) is 4.79 Å². The van der Waals surface area contributed by atoms with Gasteiger partial charge in [0.15, 0.2) is 11.6 Å². The zero-order valence-corrected chi connectivity index (χ0v) is 24.2. The summed E-state index contributed by atoms with van der Waals surface area (Å²) in [5, 5.41) is 0. The fraction of sp³-hybridized carbons (Fsp3) is 0.294. The summed E-state index contributed by atoms with van der Waals surface area (Å²) in [4.78, 5) is 20.1. The Kier molecular flexibility index (Phi) is 9.05. The highest BCUT2D eigenvalue weighted by atomic mass is 16.5. The van der Waals surface area contributed by atoms with Crippen LogP contribution in [0.5, 0.6) is 11.5 Å². The Balaban J connectivity index is 1.42. The smallest absolute Gasteiger partial charge is 0.271 e. The van der Waals surface area contributed by atoms with Crippen molar-refractivity contribution in [1.82, 2.24) is 9.88 Å². The van der Waals surface area contributed by atoms with E-state index in [1.807, 2.05) is 78.9 Å². The Bertz CT molecular complexity index is 1470. The highest BCUT2D eigenvalue weighted by Crippen LogP contribution is 2.39. The van der Waals surface area contributed by atoms with E-state index in [0.29, 0.717) is 23.7 Å². The number of morpholine rings is 1. The summed E-state index contributed by atoms with van der Waals surface area (Å²) in [5.74, 6) is 0.872. The number of hydrogen-bond donors (Lipinski definition) is 2. The summed E-state index contributed by atoms with van der Waals surface area (Å²) in [6.45, 7) is 9.10. The first kappa shape index (κ1) is 29.1. The Hall–Kier alpha value is -4.40. The van der Waals surface area contributed by atoms with Gasteiger partial charge in [-0.25, -0.2) is 4.98 Å². The third-order valence-electron chi connectivity index (χ3n) is 7.62. The minimum atomic E-state index is -1.62. The lowest BCUT2D eigenvalue weighted by Gasteiger charge is -2.33. The van der Waals surface area contributed by atoms with Gasteiger partial charge in [0.1, 0.15) is 12.4 Å². The van der Waals surface area contributed by atoms with Crippen LogP contribution in [-0.4, -0.2) is 55.2 Å². The fourth-order valence-electron chi connectivity index (χ4n) is 5.12. The lowest BCUT2D eigenvalue weighted by Crippen LogP contribution is -2.47. The second kappa shape index (κ2) is 13.1. The van der Waals surface area contributed by atoms with Gasteiger partial charge in [-0.3, -0.25) is 9.69 Å². The first-order chi connectivity index (χ1) is 20.4. The molecule has 0 aliphatic carbocycles. The maximum absolute atomic E-state index is 13.3. The fourth-order valence-corrected chi connectivity index (χ4v) is 5.12. The van der Waals surface area contributed by atoms with Gasteiger partial charge < -0.3 is 25.7 Å².